The first-order chi connectivity index (χ1) is 15.2. The van der Waals surface area contributed by atoms with E-state index in [-0.39, 0.29) is 35.8 Å². The SMILES string of the molecule is CN=C(NCC(c1c(F)cccc1Cl)N1CCCC1)N1CCN(c2ncccn2)CC1.I. The van der Waals surface area contributed by atoms with Gasteiger partial charge in [-0.05, 0) is 44.1 Å². The van der Waals surface area contributed by atoms with Crippen LogP contribution in [0.4, 0.5) is 10.3 Å². The van der Waals surface area contributed by atoms with Crippen molar-refractivity contribution < 1.29 is 4.39 Å². The lowest BCUT2D eigenvalue weighted by molar-refractivity contribution is 0.237. The van der Waals surface area contributed by atoms with Crippen LogP contribution < -0.4 is 10.2 Å². The fourth-order valence-corrected chi connectivity index (χ4v) is 4.68. The van der Waals surface area contributed by atoms with Gasteiger partial charge in [-0.15, -0.1) is 24.0 Å². The summed E-state index contributed by atoms with van der Waals surface area (Å²) in [5.74, 6) is 1.33. The van der Waals surface area contributed by atoms with E-state index in [0.717, 1.165) is 64.0 Å². The van der Waals surface area contributed by atoms with E-state index in [9.17, 15) is 4.39 Å². The zero-order valence-corrected chi connectivity index (χ0v) is 21.3. The van der Waals surface area contributed by atoms with Gasteiger partial charge in [0, 0.05) is 62.8 Å². The zero-order valence-electron chi connectivity index (χ0n) is 18.3. The summed E-state index contributed by atoms with van der Waals surface area (Å²) in [7, 11) is 1.79. The number of guanidine groups is 1. The predicted molar refractivity (Wildman–Crippen MR) is 138 cm³/mol. The molecule has 3 heterocycles. The monoisotopic (exact) mass is 573 g/mol. The van der Waals surface area contributed by atoms with Gasteiger partial charge in [-0.2, -0.15) is 0 Å². The van der Waals surface area contributed by atoms with Crippen LogP contribution in [0.5, 0.6) is 0 Å². The lowest BCUT2D eigenvalue weighted by atomic mass is 10.0. The van der Waals surface area contributed by atoms with Crippen LogP contribution in [0.25, 0.3) is 0 Å². The Bertz CT molecular complexity index is 867. The molecule has 1 N–H and O–H groups in total. The van der Waals surface area contributed by atoms with Gasteiger partial charge in [0.05, 0.1) is 6.04 Å². The number of likely N-dealkylation sites (tertiary alicyclic amines) is 1. The first kappa shape index (κ1) is 24.9. The molecule has 0 spiro atoms. The largest absolute Gasteiger partial charge is 0.354 e. The quantitative estimate of drug-likeness (QED) is 0.336. The summed E-state index contributed by atoms with van der Waals surface area (Å²) in [4.78, 5) is 19.9. The molecule has 0 bridgehead atoms. The highest BCUT2D eigenvalue weighted by molar-refractivity contribution is 14.0. The van der Waals surface area contributed by atoms with E-state index < -0.39 is 0 Å². The molecule has 1 unspecified atom stereocenters. The highest BCUT2D eigenvalue weighted by Crippen LogP contribution is 2.32. The Morgan fingerprint density at radius 2 is 1.78 bits per heavy atom. The predicted octanol–water partition coefficient (Wildman–Crippen LogP) is 3.42. The molecule has 1 aromatic carbocycles. The lowest BCUT2D eigenvalue weighted by Gasteiger charge is -2.37. The second-order valence-corrected chi connectivity index (χ2v) is 8.25. The Morgan fingerprint density at radius 3 is 2.41 bits per heavy atom. The second kappa shape index (κ2) is 11.9. The van der Waals surface area contributed by atoms with Crippen molar-refractivity contribution in [2.24, 2.45) is 4.99 Å². The molecule has 0 amide bonds. The lowest BCUT2D eigenvalue weighted by Crippen LogP contribution is -2.53. The van der Waals surface area contributed by atoms with E-state index in [2.05, 4.69) is 35.0 Å². The van der Waals surface area contributed by atoms with Crippen LogP contribution in [0.15, 0.2) is 41.7 Å². The van der Waals surface area contributed by atoms with Crippen molar-refractivity contribution in [2.75, 3.05) is 57.8 Å². The average molecular weight is 574 g/mol. The van der Waals surface area contributed by atoms with Gasteiger partial charge in [0.15, 0.2) is 5.96 Å². The molecule has 7 nitrogen and oxygen atoms in total. The Hall–Kier alpha value is -1.72. The van der Waals surface area contributed by atoms with Crippen LogP contribution in [-0.2, 0) is 0 Å². The number of hydrogen-bond donors (Lipinski definition) is 1. The second-order valence-electron chi connectivity index (χ2n) is 7.85. The molecule has 1 aromatic heterocycles. The fourth-order valence-electron chi connectivity index (χ4n) is 4.39. The number of hydrogen-bond acceptors (Lipinski definition) is 5. The summed E-state index contributed by atoms with van der Waals surface area (Å²) in [6.45, 7) is 5.71. The van der Waals surface area contributed by atoms with Gasteiger partial charge in [0.25, 0.3) is 0 Å². The first-order valence-corrected chi connectivity index (χ1v) is 11.2. The molecule has 0 radical (unpaired) electrons. The molecule has 2 aliphatic heterocycles. The van der Waals surface area contributed by atoms with Gasteiger partial charge >= 0.3 is 0 Å². The van der Waals surface area contributed by atoms with Gasteiger partial charge in [-0.25, -0.2) is 14.4 Å². The smallest absolute Gasteiger partial charge is 0.225 e. The molecule has 0 aliphatic carbocycles. The molecule has 4 rings (SSSR count). The van der Waals surface area contributed by atoms with Crippen molar-refractivity contribution in [3.8, 4) is 0 Å². The number of rotatable bonds is 5. The third-order valence-corrected chi connectivity index (χ3v) is 6.32. The molecule has 10 heteroatoms. The van der Waals surface area contributed by atoms with Crippen molar-refractivity contribution in [1.29, 1.82) is 0 Å². The number of anilines is 1. The number of aliphatic imine (C=N–C) groups is 1. The van der Waals surface area contributed by atoms with Crippen molar-refractivity contribution in [3.05, 3.63) is 53.1 Å². The van der Waals surface area contributed by atoms with Crippen molar-refractivity contribution in [1.82, 2.24) is 25.1 Å². The number of piperazine rings is 1. The molecule has 2 aliphatic rings. The summed E-state index contributed by atoms with van der Waals surface area (Å²) < 4.78 is 14.7. The fraction of sp³-hybridized carbons (Fsp3) is 0.500. The highest BCUT2D eigenvalue weighted by atomic mass is 127. The maximum Gasteiger partial charge on any atom is 0.225 e. The number of nitrogens with zero attached hydrogens (tertiary/aromatic N) is 6. The van der Waals surface area contributed by atoms with Crippen molar-refractivity contribution in [3.63, 3.8) is 0 Å². The average Bonchev–Trinajstić information content (AvgIpc) is 3.34. The zero-order chi connectivity index (χ0) is 21.6. The maximum atomic E-state index is 14.7. The van der Waals surface area contributed by atoms with Crippen molar-refractivity contribution >= 4 is 47.5 Å². The third-order valence-electron chi connectivity index (χ3n) is 5.99. The minimum atomic E-state index is -0.252. The van der Waals surface area contributed by atoms with Gasteiger partial charge in [0.2, 0.25) is 5.95 Å². The van der Waals surface area contributed by atoms with Crippen LogP contribution >= 0.6 is 35.6 Å². The van der Waals surface area contributed by atoms with Gasteiger partial charge < -0.3 is 15.1 Å². The molecule has 2 saturated heterocycles. The number of benzene rings is 1. The summed E-state index contributed by atoms with van der Waals surface area (Å²) in [6, 6.07) is 6.61. The van der Waals surface area contributed by atoms with E-state index in [0.29, 0.717) is 17.1 Å². The van der Waals surface area contributed by atoms with Gasteiger partial charge in [0.1, 0.15) is 5.82 Å². The molecule has 32 heavy (non-hydrogen) atoms. The van der Waals surface area contributed by atoms with Crippen LogP contribution in [0, 0.1) is 5.82 Å². The van der Waals surface area contributed by atoms with E-state index in [4.69, 9.17) is 11.6 Å². The molecule has 1 atom stereocenters. The Balaban J connectivity index is 0.00000289. The molecule has 2 fully saturated rings. The molecule has 0 saturated carbocycles. The summed E-state index contributed by atoms with van der Waals surface area (Å²) in [5.41, 5.74) is 0.570. The van der Waals surface area contributed by atoms with Gasteiger partial charge in [-0.3, -0.25) is 9.89 Å². The third kappa shape index (κ3) is 5.79. The van der Waals surface area contributed by atoms with E-state index >= 15 is 0 Å². The van der Waals surface area contributed by atoms with Gasteiger partial charge in [-0.1, -0.05) is 17.7 Å². The van der Waals surface area contributed by atoms with E-state index in [1.54, 1.807) is 31.6 Å². The Kier molecular flexibility index (Phi) is 9.30. The summed E-state index contributed by atoms with van der Waals surface area (Å²) in [5, 5.41) is 3.96. The number of aromatic nitrogens is 2. The number of halogens is 3. The molecule has 174 valence electrons. The van der Waals surface area contributed by atoms with E-state index in [1.807, 2.05) is 6.07 Å². The van der Waals surface area contributed by atoms with Crippen LogP contribution in [0.3, 0.4) is 0 Å². The normalized spacial score (nSPS) is 18.4. The van der Waals surface area contributed by atoms with E-state index in [1.165, 1.54) is 6.07 Å². The van der Waals surface area contributed by atoms with Crippen molar-refractivity contribution in [2.45, 2.75) is 18.9 Å². The number of nitrogens with one attached hydrogen (secondary N) is 1. The Labute approximate surface area is 211 Å². The van der Waals surface area contributed by atoms with Crippen LogP contribution in [0.1, 0.15) is 24.4 Å². The highest BCUT2D eigenvalue weighted by Gasteiger charge is 2.29. The molecular weight excluding hydrogens is 544 g/mol. The maximum absolute atomic E-state index is 14.7. The standard InChI is InChI=1S/C22H29ClFN7.HI/c1-25-21(30-12-14-31(15-13-30)22-26-8-5-9-27-22)28-16-19(29-10-2-3-11-29)20-17(23)6-4-7-18(20)24;/h4-9,19H,2-3,10-16H2,1H3,(H,25,28);1H. The summed E-state index contributed by atoms with van der Waals surface area (Å²) in [6.07, 6.45) is 5.78. The topological polar surface area (TPSA) is 59.9 Å². The van der Waals surface area contributed by atoms with Crippen LogP contribution in [-0.4, -0.2) is 78.6 Å². The minimum Gasteiger partial charge on any atom is -0.354 e. The molecular formula is C22H30ClFIN7. The molecule has 2 aromatic rings. The Morgan fingerprint density at radius 1 is 1.09 bits per heavy atom. The minimum absolute atomic E-state index is 0. The van der Waals surface area contributed by atoms with Crippen LogP contribution in [0.2, 0.25) is 5.02 Å². The summed E-state index contributed by atoms with van der Waals surface area (Å²) >= 11 is 6.42. The first-order valence-electron chi connectivity index (χ1n) is 10.8.